The summed E-state index contributed by atoms with van der Waals surface area (Å²) < 4.78 is 1.08. The molecule has 5 heteroatoms. The zero-order valence-corrected chi connectivity index (χ0v) is 10.2. The van der Waals surface area contributed by atoms with Crippen molar-refractivity contribution in [3.05, 3.63) is 28.2 Å². The molecule has 5 nitrogen and oxygen atoms in total. The summed E-state index contributed by atoms with van der Waals surface area (Å²) >= 11 is 0. The van der Waals surface area contributed by atoms with E-state index in [1.54, 1.807) is 13.0 Å². The van der Waals surface area contributed by atoms with Crippen LogP contribution in [0.15, 0.2) is 16.9 Å². The molecule has 0 spiro atoms. The standard InChI is InChI=1S/C12H18N2O3/c1-3-4-5-6-10(12(16)17)14-11(15)8-7-9(2)13-14/h7-8,10H,3-6H2,1-2H3,(H,16,17). The van der Waals surface area contributed by atoms with Gasteiger partial charge < -0.3 is 5.11 Å². The van der Waals surface area contributed by atoms with Crippen LogP contribution in [0.5, 0.6) is 0 Å². The van der Waals surface area contributed by atoms with E-state index in [1.165, 1.54) is 6.07 Å². The maximum absolute atomic E-state index is 11.6. The van der Waals surface area contributed by atoms with E-state index in [2.05, 4.69) is 5.10 Å². The van der Waals surface area contributed by atoms with Crippen LogP contribution in [-0.4, -0.2) is 20.9 Å². The third-order valence-corrected chi connectivity index (χ3v) is 2.62. The van der Waals surface area contributed by atoms with Gasteiger partial charge in [0.15, 0.2) is 6.04 Å². The molecule has 1 atom stereocenters. The van der Waals surface area contributed by atoms with Crippen molar-refractivity contribution in [2.75, 3.05) is 0 Å². The Bertz CT molecular complexity index is 440. The molecule has 0 fully saturated rings. The van der Waals surface area contributed by atoms with E-state index in [9.17, 15) is 9.59 Å². The fourth-order valence-corrected chi connectivity index (χ4v) is 1.68. The average molecular weight is 238 g/mol. The summed E-state index contributed by atoms with van der Waals surface area (Å²) in [6.07, 6.45) is 3.21. The molecule has 1 unspecified atom stereocenters. The first-order valence-electron chi connectivity index (χ1n) is 5.85. The second-order valence-corrected chi connectivity index (χ2v) is 4.11. The van der Waals surface area contributed by atoms with Crippen LogP contribution in [0.25, 0.3) is 0 Å². The fraction of sp³-hybridized carbons (Fsp3) is 0.583. The van der Waals surface area contributed by atoms with Crippen LogP contribution < -0.4 is 5.56 Å². The zero-order valence-electron chi connectivity index (χ0n) is 10.2. The van der Waals surface area contributed by atoms with Gasteiger partial charge in [-0.1, -0.05) is 26.2 Å². The molecule has 0 saturated carbocycles. The van der Waals surface area contributed by atoms with Gasteiger partial charge in [-0.2, -0.15) is 5.10 Å². The van der Waals surface area contributed by atoms with Crippen molar-refractivity contribution in [1.82, 2.24) is 9.78 Å². The summed E-state index contributed by atoms with van der Waals surface area (Å²) in [7, 11) is 0. The summed E-state index contributed by atoms with van der Waals surface area (Å²) in [6.45, 7) is 3.79. The van der Waals surface area contributed by atoms with E-state index < -0.39 is 12.0 Å². The van der Waals surface area contributed by atoms with E-state index in [4.69, 9.17) is 5.11 Å². The first-order valence-corrected chi connectivity index (χ1v) is 5.85. The van der Waals surface area contributed by atoms with Crippen LogP contribution >= 0.6 is 0 Å². The number of carbonyl (C=O) groups is 1. The highest BCUT2D eigenvalue weighted by atomic mass is 16.4. The quantitative estimate of drug-likeness (QED) is 0.766. The molecule has 17 heavy (non-hydrogen) atoms. The Morgan fingerprint density at radius 3 is 2.76 bits per heavy atom. The Morgan fingerprint density at radius 2 is 2.18 bits per heavy atom. The molecule has 0 amide bonds. The number of carboxylic acid groups (broad SMARTS) is 1. The highest BCUT2D eigenvalue weighted by molar-refractivity contribution is 5.71. The predicted molar refractivity (Wildman–Crippen MR) is 64.0 cm³/mol. The fourth-order valence-electron chi connectivity index (χ4n) is 1.68. The van der Waals surface area contributed by atoms with Crippen molar-refractivity contribution in [3.63, 3.8) is 0 Å². The minimum absolute atomic E-state index is 0.362. The highest BCUT2D eigenvalue weighted by Gasteiger charge is 2.21. The van der Waals surface area contributed by atoms with Gasteiger partial charge in [0.2, 0.25) is 0 Å². The molecule has 0 aliphatic rings. The van der Waals surface area contributed by atoms with Crippen LogP contribution in [0.1, 0.15) is 44.3 Å². The summed E-state index contributed by atoms with van der Waals surface area (Å²) in [5, 5.41) is 13.1. The number of aromatic nitrogens is 2. The first-order chi connectivity index (χ1) is 8.06. The highest BCUT2D eigenvalue weighted by Crippen LogP contribution is 2.13. The van der Waals surface area contributed by atoms with Crippen molar-refractivity contribution in [2.45, 2.75) is 45.6 Å². The molecule has 1 N–H and O–H groups in total. The number of aryl methyl sites for hydroxylation is 1. The molecule has 0 radical (unpaired) electrons. The number of nitrogens with zero attached hydrogens (tertiary/aromatic N) is 2. The molecule has 1 aromatic heterocycles. The minimum Gasteiger partial charge on any atom is -0.480 e. The number of unbranched alkanes of at least 4 members (excludes halogenated alkanes) is 2. The Morgan fingerprint density at radius 1 is 1.47 bits per heavy atom. The van der Waals surface area contributed by atoms with Gasteiger partial charge in [-0.3, -0.25) is 4.79 Å². The summed E-state index contributed by atoms with van der Waals surface area (Å²) in [5.74, 6) is -0.999. The van der Waals surface area contributed by atoms with Gasteiger partial charge in [0, 0.05) is 6.07 Å². The van der Waals surface area contributed by atoms with Crippen LogP contribution in [0.2, 0.25) is 0 Å². The summed E-state index contributed by atoms with van der Waals surface area (Å²) in [4.78, 5) is 22.7. The van der Waals surface area contributed by atoms with Gasteiger partial charge >= 0.3 is 5.97 Å². The summed E-state index contributed by atoms with van der Waals surface area (Å²) in [5.41, 5.74) is 0.283. The molecule has 1 aromatic rings. The third-order valence-electron chi connectivity index (χ3n) is 2.62. The maximum atomic E-state index is 11.6. The lowest BCUT2D eigenvalue weighted by molar-refractivity contribution is -0.141. The second-order valence-electron chi connectivity index (χ2n) is 4.11. The van der Waals surface area contributed by atoms with Crippen LogP contribution in [0.3, 0.4) is 0 Å². The van der Waals surface area contributed by atoms with Crippen molar-refractivity contribution in [2.24, 2.45) is 0 Å². The summed E-state index contributed by atoms with van der Waals surface area (Å²) in [6, 6.07) is 2.09. The normalized spacial score (nSPS) is 12.4. The lowest BCUT2D eigenvalue weighted by Gasteiger charge is -2.14. The topological polar surface area (TPSA) is 72.2 Å². The second kappa shape index (κ2) is 6.18. The molecule has 0 aliphatic carbocycles. The first kappa shape index (κ1) is 13.4. The SMILES string of the molecule is CCCCCC(C(=O)O)n1nc(C)ccc1=O. The van der Waals surface area contributed by atoms with Gasteiger partial charge in [-0.05, 0) is 19.4 Å². The molecule has 0 saturated heterocycles. The Balaban J connectivity index is 2.93. The molecule has 0 aromatic carbocycles. The number of hydrogen-bond donors (Lipinski definition) is 1. The largest absolute Gasteiger partial charge is 0.480 e. The van der Waals surface area contributed by atoms with Gasteiger partial charge in [0.05, 0.1) is 5.69 Å². The lowest BCUT2D eigenvalue weighted by atomic mass is 10.1. The van der Waals surface area contributed by atoms with Gasteiger partial charge in [-0.25, -0.2) is 9.48 Å². The van der Waals surface area contributed by atoms with Crippen molar-refractivity contribution in [3.8, 4) is 0 Å². The smallest absolute Gasteiger partial charge is 0.328 e. The van der Waals surface area contributed by atoms with Crippen molar-refractivity contribution < 1.29 is 9.90 Å². The Labute approximate surface area is 100 Å². The van der Waals surface area contributed by atoms with Crippen LogP contribution in [0.4, 0.5) is 0 Å². The van der Waals surface area contributed by atoms with Crippen molar-refractivity contribution in [1.29, 1.82) is 0 Å². The van der Waals surface area contributed by atoms with Crippen LogP contribution in [0, 0.1) is 6.92 Å². The molecule has 0 bridgehead atoms. The number of aliphatic carboxylic acids is 1. The van der Waals surface area contributed by atoms with E-state index in [-0.39, 0.29) is 5.56 Å². The van der Waals surface area contributed by atoms with E-state index in [1.807, 2.05) is 6.92 Å². The minimum atomic E-state index is -0.999. The van der Waals surface area contributed by atoms with Crippen molar-refractivity contribution >= 4 is 5.97 Å². The third kappa shape index (κ3) is 3.69. The van der Waals surface area contributed by atoms with Gasteiger partial charge in [-0.15, -0.1) is 0 Å². The van der Waals surface area contributed by atoms with Gasteiger partial charge in [0.25, 0.3) is 5.56 Å². The van der Waals surface area contributed by atoms with E-state index >= 15 is 0 Å². The predicted octanol–water partition coefficient (Wildman–Crippen LogP) is 1.76. The molecule has 1 rings (SSSR count). The maximum Gasteiger partial charge on any atom is 0.328 e. The Hall–Kier alpha value is -1.65. The molecular formula is C12H18N2O3. The number of carboxylic acids is 1. The zero-order chi connectivity index (χ0) is 12.8. The monoisotopic (exact) mass is 238 g/mol. The molecule has 1 heterocycles. The number of hydrogen-bond acceptors (Lipinski definition) is 3. The average Bonchev–Trinajstić information content (AvgIpc) is 2.28. The molecular weight excluding hydrogens is 220 g/mol. The lowest BCUT2D eigenvalue weighted by Crippen LogP contribution is -2.31. The number of rotatable bonds is 6. The molecule has 94 valence electrons. The molecule has 0 aliphatic heterocycles. The van der Waals surface area contributed by atoms with Crippen LogP contribution in [-0.2, 0) is 4.79 Å². The van der Waals surface area contributed by atoms with Gasteiger partial charge in [0.1, 0.15) is 0 Å². The van der Waals surface area contributed by atoms with E-state index in [0.717, 1.165) is 23.9 Å². The Kier molecular flexibility index (Phi) is 4.87. The van der Waals surface area contributed by atoms with E-state index in [0.29, 0.717) is 12.1 Å².